The van der Waals surface area contributed by atoms with Crippen LogP contribution in [0.15, 0.2) is 28.5 Å². The maximum Gasteiger partial charge on any atom is 0.206 e. The Morgan fingerprint density at radius 1 is 1.16 bits per heavy atom. The van der Waals surface area contributed by atoms with Crippen LogP contribution in [-0.2, 0) is 16.0 Å². The average molecular weight is 506 g/mol. The summed E-state index contributed by atoms with van der Waals surface area (Å²) in [7, 11) is 3.73. The summed E-state index contributed by atoms with van der Waals surface area (Å²) in [4.78, 5) is 41.9. The number of unbranched alkanes of at least 4 members (excludes halogenated alkanes) is 1. The van der Waals surface area contributed by atoms with Gasteiger partial charge < -0.3 is 20.2 Å². The first-order chi connectivity index (χ1) is 17.1. The third-order valence-electron chi connectivity index (χ3n) is 8.41. The molecule has 3 atom stereocenters. The quantitative estimate of drug-likeness (QED) is 0.417. The molecule has 37 heavy (non-hydrogen) atoms. The minimum Gasteiger partial charge on any atom is -0.511 e. The van der Waals surface area contributed by atoms with E-state index in [9.17, 15) is 29.7 Å². The minimum atomic E-state index is -2.14. The van der Waals surface area contributed by atoms with E-state index in [4.69, 9.17) is 0 Å². The van der Waals surface area contributed by atoms with Crippen molar-refractivity contribution in [3.05, 3.63) is 45.2 Å². The largest absolute Gasteiger partial charge is 0.511 e. The van der Waals surface area contributed by atoms with E-state index in [2.05, 4.69) is 11.8 Å². The van der Waals surface area contributed by atoms with Gasteiger partial charge in [0.2, 0.25) is 5.78 Å². The molecular formula is C30H35NO6. The van der Waals surface area contributed by atoms with Crippen LogP contribution < -0.4 is 4.90 Å². The van der Waals surface area contributed by atoms with Gasteiger partial charge in [-0.1, -0.05) is 32.6 Å². The topological polar surface area (TPSA) is 115 Å². The number of rotatable bonds is 3. The molecule has 0 saturated heterocycles. The van der Waals surface area contributed by atoms with Crippen LogP contribution in [0.1, 0.15) is 81.8 Å². The van der Waals surface area contributed by atoms with Crippen molar-refractivity contribution in [1.82, 2.24) is 0 Å². The van der Waals surface area contributed by atoms with Gasteiger partial charge in [-0.3, -0.25) is 14.4 Å². The number of aliphatic hydroxyl groups is 2. The molecule has 0 amide bonds. The first-order valence-corrected chi connectivity index (χ1v) is 12.7. The van der Waals surface area contributed by atoms with E-state index in [1.54, 1.807) is 19.9 Å². The molecule has 0 aliphatic heterocycles. The van der Waals surface area contributed by atoms with Crippen molar-refractivity contribution in [2.45, 2.75) is 72.3 Å². The molecule has 7 nitrogen and oxygen atoms in total. The molecular weight excluding hydrogens is 470 g/mol. The van der Waals surface area contributed by atoms with E-state index in [0.29, 0.717) is 24.0 Å². The first-order valence-electron chi connectivity index (χ1n) is 12.7. The number of nitrogens with zero attached hydrogens (tertiary/aromatic N) is 1. The summed E-state index contributed by atoms with van der Waals surface area (Å²) in [5.74, 6) is 3.53. The lowest BCUT2D eigenvalue weighted by Gasteiger charge is -2.57. The zero-order valence-corrected chi connectivity index (χ0v) is 22.6. The number of hydrogen-bond acceptors (Lipinski definition) is 7. The highest BCUT2D eigenvalue weighted by Crippen LogP contribution is 2.63. The molecule has 0 aromatic heterocycles. The lowest BCUT2D eigenvalue weighted by atomic mass is 9.47. The number of aromatic hydroxyl groups is 1. The lowest BCUT2D eigenvalue weighted by molar-refractivity contribution is -0.152. The van der Waals surface area contributed by atoms with Gasteiger partial charge in [0.15, 0.2) is 17.2 Å². The minimum absolute atomic E-state index is 0.0663. The van der Waals surface area contributed by atoms with Crippen LogP contribution in [-0.4, -0.2) is 52.4 Å². The molecule has 3 unspecified atom stereocenters. The van der Waals surface area contributed by atoms with Gasteiger partial charge >= 0.3 is 0 Å². The highest BCUT2D eigenvalue weighted by molar-refractivity contribution is 6.25. The lowest BCUT2D eigenvalue weighted by Crippen LogP contribution is -2.63. The van der Waals surface area contributed by atoms with E-state index in [1.807, 2.05) is 32.8 Å². The standard InChI is InChI=1S/C30H35NO6/c1-8-9-10-11-18-12-20(31(6)7)19-13-28(4)15-29(5)14-21(33)22(17(3)32)27(36)30(29,37)16(2)24(28)26(35)23(19)25(18)34/h12,33-34,37H,8-9,13-15H2,1-7H3. The van der Waals surface area contributed by atoms with Gasteiger partial charge in [-0.25, -0.2) is 0 Å². The van der Waals surface area contributed by atoms with E-state index in [-0.39, 0.29) is 41.1 Å². The van der Waals surface area contributed by atoms with Crippen LogP contribution in [0.4, 0.5) is 5.69 Å². The number of Topliss-reactive ketones (excluding diaryl/α,β-unsaturated/α-hetero) is 3. The number of fused-ring (bicyclic) bond motifs is 3. The smallest absolute Gasteiger partial charge is 0.206 e. The van der Waals surface area contributed by atoms with Crippen molar-refractivity contribution in [2.24, 2.45) is 10.8 Å². The summed E-state index contributed by atoms with van der Waals surface area (Å²) in [6, 6.07) is 1.80. The monoisotopic (exact) mass is 505 g/mol. The average Bonchev–Trinajstić information content (AvgIpc) is 2.77. The zero-order valence-electron chi connectivity index (χ0n) is 22.6. The second kappa shape index (κ2) is 8.59. The fourth-order valence-corrected chi connectivity index (χ4v) is 6.94. The Balaban J connectivity index is 2.02. The number of aliphatic hydroxyl groups excluding tert-OH is 1. The molecule has 7 heteroatoms. The van der Waals surface area contributed by atoms with Gasteiger partial charge in [0.1, 0.15) is 17.1 Å². The molecule has 1 aromatic rings. The molecule has 0 heterocycles. The van der Waals surface area contributed by atoms with Crippen LogP contribution in [0, 0.1) is 22.7 Å². The maximum absolute atomic E-state index is 14.2. The summed E-state index contributed by atoms with van der Waals surface area (Å²) in [6.45, 7) is 8.39. The Morgan fingerprint density at radius 3 is 2.38 bits per heavy atom. The highest BCUT2D eigenvalue weighted by Gasteiger charge is 2.66. The zero-order chi connectivity index (χ0) is 27.7. The summed E-state index contributed by atoms with van der Waals surface area (Å²) in [5.41, 5.74) is -2.08. The number of benzene rings is 1. The third kappa shape index (κ3) is 3.57. The van der Waals surface area contributed by atoms with Crippen LogP contribution >= 0.6 is 0 Å². The maximum atomic E-state index is 14.2. The number of phenolic OH excluding ortho intramolecular Hbond substituents is 1. The molecule has 0 radical (unpaired) electrons. The number of phenols is 1. The van der Waals surface area contributed by atoms with Crippen LogP contribution in [0.5, 0.6) is 5.75 Å². The van der Waals surface area contributed by atoms with Crippen LogP contribution in [0.2, 0.25) is 0 Å². The number of hydrogen-bond donors (Lipinski definition) is 3. The second-order valence-corrected chi connectivity index (χ2v) is 11.5. The predicted octanol–water partition coefficient (Wildman–Crippen LogP) is 4.19. The van der Waals surface area contributed by atoms with Gasteiger partial charge in [0.25, 0.3) is 0 Å². The number of ketones is 3. The Hall–Kier alpha value is -3.37. The summed E-state index contributed by atoms with van der Waals surface area (Å²) in [6.07, 6.45) is 2.05. The molecule has 0 spiro atoms. The molecule has 1 aromatic carbocycles. The van der Waals surface area contributed by atoms with Gasteiger partial charge in [-0.05, 0) is 50.3 Å². The molecule has 3 aliphatic rings. The van der Waals surface area contributed by atoms with E-state index in [1.165, 1.54) is 6.92 Å². The van der Waals surface area contributed by atoms with Crippen molar-refractivity contribution >= 4 is 23.0 Å². The Morgan fingerprint density at radius 2 is 1.81 bits per heavy atom. The van der Waals surface area contributed by atoms with Gasteiger partial charge in [0.05, 0.1) is 11.1 Å². The predicted molar refractivity (Wildman–Crippen MR) is 141 cm³/mol. The highest BCUT2D eigenvalue weighted by atomic mass is 16.3. The number of carbonyl (C=O) groups excluding carboxylic acids is 3. The van der Waals surface area contributed by atoms with E-state index < -0.39 is 39.4 Å². The Bertz CT molecular complexity index is 1390. The Kier molecular flexibility index (Phi) is 6.20. The SMILES string of the molecule is CCCC#Cc1cc(N(C)C)c2c(c1O)C(=O)C1=C(C)C3(O)C(=O)C(C(C)=O)=C(O)CC3(C)CC1(C)C2. The van der Waals surface area contributed by atoms with Gasteiger partial charge in [-0.15, -0.1) is 0 Å². The van der Waals surface area contributed by atoms with Crippen molar-refractivity contribution < 1.29 is 29.7 Å². The summed E-state index contributed by atoms with van der Waals surface area (Å²) >= 11 is 0. The third-order valence-corrected chi connectivity index (χ3v) is 8.41. The van der Waals surface area contributed by atoms with Gasteiger partial charge in [0, 0.05) is 49.0 Å². The molecule has 4 rings (SSSR count). The van der Waals surface area contributed by atoms with Crippen LogP contribution in [0.25, 0.3) is 0 Å². The molecule has 3 N–H and O–H groups in total. The van der Waals surface area contributed by atoms with E-state index in [0.717, 1.165) is 12.1 Å². The van der Waals surface area contributed by atoms with Crippen LogP contribution in [0.3, 0.4) is 0 Å². The van der Waals surface area contributed by atoms with Crippen molar-refractivity contribution in [3.8, 4) is 17.6 Å². The molecule has 196 valence electrons. The number of allylic oxidation sites excluding steroid dienone is 2. The van der Waals surface area contributed by atoms with Crippen molar-refractivity contribution in [1.29, 1.82) is 0 Å². The Labute approximate surface area is 217 Å². The number of carbonyl (C=O) groups is 3. The summed E-state index contributed by atoms with van der Waals surface area (Å²) < 4.78 is 0. The first kappa shape index (κ1) is 26.7. The fourth-order valence-electron chi connectivity index (χ4n) is 6.94. The van der Waals surface area contributed by atoms with Crippen molar-refractivity contribution in [2.75, 3.05) is 19.0 Å². The number of anilines is 1. The fraction of sp³-hybridized carbons (Fsp3) is 0.500. The molecule has 0 saturated carbocycles. The second-order valence-electron chi connectivity index (χ2n) is 11.5. The normalized spacial score (nSPS) is 28.8. The molecule has 0 bridgehead atoms. The molecule has 0 fully saturated rings. The van der Waals surface area contributed by atoms with Gasteiger partial charge in [-0.2, -0.15) is 0 Å². The molecule has 3 aliphatic carbocycles. The van der Waals surface area contributed by atoms with Crippen molar-refractivity contribution in [3.63, 3.8) is 0 Å². The van der Waals surface area contributed by atoms with E-state index >= 15 is 0 Å². The summed E-state index contributed by atoms with van der Waals surface area (Å²) in [5, 5.41) is 33.9.